The molecule has 0 bridgehead atoms. The lowest BCUT2D eigenvalue weighted by atomic mass is 10.0. The molecule has 4 rings (SSSR count). The Balaban J connectivity index is 1.29. The average Bonchev–Trinajstić information content (AvgIpc) is 2.98. The topological polar surface area (TPSA) is 73.9 Å². The molecule has 0 radical (unpaired) electrons. The summed E-state index contributed by atoms with van der Waals surface area (Å²) in [6, 6.07) is 31.8. The minimum absolute atomic E-state index is 0.289. The number of benzene rings is 4. The standard InChI is InChI=1S/C33H33NO5/c1-24-8-10-25(11-9-24)20-21-38-29-18-14-28(15-19-29)32(35)34-31(33(36)37-2)22-26-12-16-30(17-13-26)39-23-27-6-4-3-5-7-27/h3-19,31H,20-23H2,1-2H3,(H,34,35)/t31-/m0/s1. The van der Waals surface area contributed by atoms with Gasteiger partial charge in [0.15, 0.2) is 0 Å². The van der Waals surface area contributed by atoms with Gasteiger partial charge in [-0.05, 0) is 60.0 Å². The van der Waals surface area contributed by atoms with Crippen LogP contribution in [0.25, 0.3) is 0 Å². The van der Waals surface area contributed by atoms with Crippen LogP contribution in [0.1, 0.15) is 32.6 Å². The lowest BCUT2D eigenvalue weighted by Gasteiger charge is -2.17. The van der Waals surface area contributed by atoms with Crippen molar-refractivity contribution in [3.63, 3.8) is 0 Å². The van der Waals surface area contributed by atoms with E-state index in [1.54, 1.807) is 24.3 Å². The Bertz CT molecular complexity index is 1330. The van der Waals surface area contributed by atoms with Gasteiger partial charge in [-0.1, -0.05) is 72.3 Å². The third-order valence-electron chi connectivity index (χ3n) is 6.30. The van der Waals surface area contributed by atoms with Gasteiger partial charge in [-0.3, -0.25) is 4.79 Å². The Morgan fingerprint density at radius 1 is 0.718 bits per heavy atom. The summed E-state index contributed by atoms with van der Waals surface area (Å²) in [7, 11) is 1.31. The Kier molecular flexibility index (Phi) is 9.73. The molecule has 39 heavy (non-hydrogen) atoms. The van der Waals surface area contributed by atoms with E-state index >= 15 is 0 Å². The van der Waals surface area contributed by atoms with Gasteiger partial charge in [0, 0.05) is 18.4 Å². The Morgan fingerprint density at radius 2 is 1.33 bits per heavy atom. The van der Waals surface area contributed by atoms with Crippen molar-refractivity contribution in [2.45, 2.75) is 32.4 Å². The van der Waals surface area contributed by atoms with Crippen LogP contribution in [-0.4, -0.2) is 31.6 Å². The number of rotatable bonds is 12. The first-order valence-electron chi connectivity index (χ1n) is 12.9. The lowest BCUT2D eigenvalue weighted by molar-refractivity contribution is -0.142. The Labute approximate surface area is 229 Å². The quantitative estimate of drug-likeness (QED) is 0.241. The normalized spacial score (nSPS) is 11.3. The first kappa shape index (κ1) is 27.5. The fraction of sp³-hybridized carbons (Fsp3) is 0.212. The summed E-state index contributed by atoms with van der Waals surface area (Å²) in [5, 5.41) is 2.80. The van der Waals surface area contributed by atoms with Crippen LogP contribution in [0.3, 0.4) is 0 Å². The largest absolute Gasteiger partial charge is 0.493 e. The predicted molar refractivity (Wildman–Crippen MR) is 151 cm³/mol. The van der Waals surface area contributed by atoms with E-state index in [1.807, 2.05) is 54.6 Å². The van der Waals surface area contributed by atoms with Crippen LogP contribution < -0.4 is 14.8 Å². The molecule has 6 heteroatoms. The highest BCUT2D eigenvalue weighted by molar-refractivity contribution is 5.96. The fourth-order valence-corrected chi connectivity index (χ4v) is 4.02. The second kappa shape index (κ2) is 13.8. The number of carbonyl (C=O) groups is 2. The molecule has 6 nitrogen and oxygen atoms in total. The molecule has 1 amide bonds. The van der Waals surface area contributed by atoms with Gasteiger partial charge in [-0.15, -0.1) is 0 Å². The number of ether oxygens (including phenoxy) is 3. The molecule has 0 saturated carbocycles. The SMILES string of the molecule is COC(=O)[C@H](Cc1ccc(OCc2ccccc2)cc1)NC(=O)c1ccc(OCCc2ccc(C)cc2)cc1. The zero-order valence-electron chi connectivity index (χ0n) is 22.3. The van der Waals surface area contributed by atoms with Crippen molar-refractivity contribution in [3.05, 3.63) is 131 Å². The minimum atomic E-state index is -0.830. The average molecular weight is 524 g/mol. The van der Waals surface area contributed by atoms with Crippen molar-refractivity contribution in [2.24, 2.45) is 0 Å². The van der Waals surface area contributed by atoms with Crippen LogP contribution >= 0.6 is 0 Å². The summed E-state index contributed by atoms with van der Waals surface area (Å²) in [5.74, 6) is 0.531. The highest BCUT2D eigenvalue weighted by atomic mass is 16.5. The zero-order valence-corrected chi connectivity index (χ0v) is 22.3. The van der Waals surface area contributed by atoms with Crippen LogP contribution in [0.2, 0.25) is 0 Å². The molecule has 0 spiro atoms. The summed E-state index contributed by atoms with van der Waals surface area (Å²) >= 11 is 0. The molecule has 4 aromatic carbocycles. The van der Waals surface area contributed by atoms with Gasteiger partial charge in [0.05, 0.1) is 13.7 Å². The monoisotopic (exact) mass is 523 g/mol. The van der Waals surface area contributed by atoms with E-state index in [9.17, 15) is 9.59 Å². The van der Waals surface area contributed by atoms with E-state index in [0.717, 1.165) is 23.3 Å². The van der Waals surface area contributed by atoms with Crippen LogP contribution in [0.15, 0.2) is 103 Å². The van der Waals surface area contributed by atoms with Gasteiger partial charge in [0.25, 0.3) is 5.91 Å². The number of aryl methyl sites for hydroxylation is 1. The number of nitrogens with one attached hydrogen (secondary N) is 1. The van der Waals surface area contributed by atoms with Crippen molar-refractivity contribution in [1.82, 2.24) is 5.32 Å². The summed E-state index contributed by atoms with van der Waals surface area (Å²) in [6.45, 7) is 3.07. The van der Waals surface area contributed by atoms with Crippen LogP contribution in [0, 0.1) is 6.92 Å². The number of amides is 1. The van der Waals surface area contributed by atoms with E-state index in [4.69, 9.17) is 14.2 Å². The van der Waals surface area contributed by atoms with E-state index in [2.05, 4.69) is 36.5 Å². The van der Waals surface area contributed by atoms with Crippen molar-refractivity contribution in [3.8, 4) is 11.5 Å². The van der Waals surface area contributed by atoms with Gasteiger partial charge >= 0.3 is 5.97 Å². The molecule has 0 aromatic heterocycles. The second-order valence-corrected chi connectivity index (χ2v) is 9.28. The van der Waals surface area contributed by atoms with Crippen molar-refractivity contribution < 1.29 is 23.8 Å². The highest BCUT2D eigenvalue weighted by Gasteiger charge is 2.22. The first-order chi connectivity index (χ1) is 19.0. The van der Waals surface area contributed by atoms with Crippen molar-refractivity contribution >= 4 is 11.9 Å². The number of carbonyl (C=O) groups excluding carboxylic acids is 2. The maximum Gasteiger partial charge on any atom is 0.328 e. The molecule has 1 atom stereocenters. The Hall–Kier alpha value is -4.58. The summed E-state index contributed by atoms with van der Waals surface area (Å²) in [6.07, 6.45) is 1.08. The third kappa shape index (κ3) is 8.47. The van der Waals surface area contributed by atoms with Crippen molar-refractivity contribution in [1.29, 1.82) is 0 Å². The molecule has 0 aliphatic carbocycles. The first-order valence-corrected chi connectivity index (χ1v) is 12.9. The summed E-state index contributed by atoms with van der Waals surface area (Å²) < 4.78 is 16.6. The van der Waals surface area contributed by atoms with Crippen LogP contribution in [0.4, 0.5) is 0 Å². The maximum absolute atomic E-state index is 12.9. The van der Waals surface area contributed by atoms with Gasteiger partial charge in [0.1, 0.15) is 24.1 Å². The van der Waals surface area contributed by atoms with Gasteiger partial charge < -0.3 is 19.5 Å². The number of esters is 1. The van der Waals surface area contributed by atoms with E-state index in [0.29, 0.717) is 24.5 Å². The summed E-state index contributed by atoms with van der Waals surface area (Å²) in [5.41, 5.74) is 4.82. The predicted octanol–water partition coefficient (Wildman–Crippen LogP) is 5.71. The smallest absolute Gasteiger partial charge is 0.328 e. The molecule has 0 heterocycles. The van der Waals surface area contributed by atoms with E-state index < -0.39 is 12.0 Å². The number of hydrogen-bond donors (Lipinski definition) is 1. The van der Waals surface area contributed by atoms with Crippen LogP contribution in [-0.2, 0) is 29.0 Å². The molecule has 0 aliphatic rings. The molecule has 4 aromatic rings. The lowest BCUT2D eigenvalue weighted by Crippen LogP contribution is -2.43. The van der Waals surface area contributed by atoms with Gasteiger partial charge in [-0.25, -0.2) is 4.79 Å². The molecular formula is C33H33NO5. The fourth-order valence-electron chi connectivity index (χ4n) is 4.02. The van der Waals surface area contributed by atoms with Gasteiger partial charge in [0.2, 0.25) is 0 Å². The van der Waals surface area contributed by atoms with Crippen LogP contribution in [0.5, 0.6) is 11.5 Å². The van der Waals surface area contributed by atoms with Crippen molar-refractivity contribution in [2.75, 3.05) is 13.7 Å². The molecule has 0 fully saturated rings. The maximum atomic E-state index is 12.9. The molecular weight excluding hydrogens is 490 g/mol. The van der Waals surface area contributed by atoms with E-state index in [-0.39, 0.29) is 12.3 Å². The molecule has 0 aliphatic heterocycles. The summed E-state index contributed by atoms with van der Waals surface area (Å²) in [4.78, 5) is 25.3. The number of methoxy groups -OCH3 is 1. The second-order valence-electron chi connectivity index (χ2n) is 9.28. The van der Waals surface area contributed by atoms with E-state index in [1.165, 1.54) is 18.2 Å². The zero-order chi connectivity index (χ0) is 27.5. The highest BCUT2D eigenvalue weighted by Crippen LogP contribution is 2.17. The Morgan fingerprint density at radius 3 is 2.00 bits per heavy atom. The minimum Gasteiger partial charge on any atom is -0.493 e. The third-order valence-corrected chi connectivity index (χ3v) is 6.30. The molecule has 0 saturated heterocycles. The molecule has 0 unspecified atom stereocenters. The number of hydrogen-bond acceptors (Lipinski definition) is 5. The molecule has 1 N–H and O–H groups in total. The molecule has 200 valence electrons. The van der Waals surface area contributed by atoms with Gasteiger partial charge in [-0.2, -0.15) is 0 Å².